The summed E-state index contributed by atoms with van der Waals surface area (Å²) in [6.07, 6.45) is 3.39. The first-order chi connectivity index (χ1) is 10.1. The lowest BCUT2D eigenvalue weighted by Crippen LogP contribution is -2.29. The smallest absolute Gasteiger partial charge is 0.305 e. The number of carbonyl (C=O) groups excluding carboxylic acids is 2. The Morgan fingerprint density at radius 2 is 2.00 bits per heavy atom. The van der Waals surface area contributed by atoms with Gasteiger partial charge in [0.05, 0.1) is 7.11 Å². The maximum absolute atomic E-state index is 12.2. The largest absolute Gasteiger partial charge is 0.469 e. The van der Waals surface area contributed by atoms with E-state index >= 15 is 0 Å². The average molecular weight is 308 g/mol. The minimum atomic E-state index is -0.289. The van der Waals surface area contributed by atoms with E-state index < -0.39 is 0 Å². The van der Waals surface area contributed by atoms with Crippen molar-refractivity contribution in [1.82, 2.24) is 4.90 Å². The number of ether oxygens (including phenoxy) is 1. The summed E-state index contributed by atoms with van der Waals surface area (Å²) in [5.41, 5.74) is 1.85. The van der Waals surface area contributed by atoms with Gasteiger partial charge in [0.2, 0.25) is 5.91 Å². The van der Waals surface area contributed by atoms with Gasteiger partial charge in [0, 0.05) is 30.1 Å². The number of rotatable bonds is 6. The topological polar surface area (TPSA) is 46.6 Å². The number of nitrogens with zero attached hydrogens (tertiary/aromatic N) is 1. The highest BCUT2D eigenvalue weighted by Gasteiger charge is 2.23. The van der Waals surface area contributed by atoms with Gasteiger partial charge in [-0.05, 0) is 30.5 Å². The predicted octanol–water partition coefficient (Wildman–Crippen LogP) is 2.60. The highest BCUT2D eigenvalue weighted by molar-refractivity contribution is 6.30. The van der Waals surface area contributed by atoms with Crippen LogP contribution in [0.2, 0.25) is 5.02 Å². The molecule has 0 saturated carbocycles. The molecule has 5 heteroatoms. The third kappa shape index (κ3) is 4.33. The zero-order valence-electron chi connectivity index (χ0n) is 12.0. The molecule has 1 aliphatic rings. The molecule has 2 rings (SSSR count). The molecule has 1 heterocycles. The van der Waals surface area contributed by atoms with E-state index in [0.717, 1.165) is 12.0 Å². The fraction of sp³-hybridized carbons (Fsp3) is 0.375. The summed E-state index contributed by atoms with van der Waals surface area (Å²) in [5.74, 6) is -0.267. The molecule has 4 nitrogen and oxygen atoms in total. The SMILES string of the molecule is COC(=O)CCC1=CCN(CCc2ccc(Cl)cc2)C1=O. The van der Waals surface area contributed by atoms with Gasteiger partial charge in [-0.1, -0.05) is 29.8 Å². The van der Waals surface area contributed by atoms with Gasteiger partial charge in [-0.15, -0.1) is 0 Å². The Morgan fingerprint density at radius 3 is 2.67 bits per heavy atom. The highest BCUT2D eigenvalue weighted by Crippen LogP contribution is 2.18. The van der Waals surface area contributed by atoms with Gasteiger partial charge in [0.25, 0.3) is 0 Å². The molecule has 0 unspecified atom stereocenters. The molecule has 1 aliphatic heterocycles. The Kier molecular flexibility index (Phi) is 5.39. The van der Waals surface area contributed by atoms with Gasteiger partial charge in [0.15, 0.2) is 0 Å². The van der Waals surface area contributed by atoms with Crippen molar-refractivity contribution in [2.75, 3.05) is 20.2 Å². The predicted molar refractivity (Wildman–Crippen MR) is 81.1 cm³/mol. The second-order valence-corrected chi connectivity index (χ2v) is 5.37. The van der Waals surface area contributed by atoms with E-state index in [9.17, 15) is 9.59 Å². The summed E-state index contributed by atoms with van der Waals surface area (Å²) in [5, 5.41) is 0.711. The summed E-state index contributed by atoms with van der Waals surface area (Å²) >= 11 is 5.84. The third-order valence-corrected chi connectivity index (χ3v) is 3.78. The number of hydrogen-bond donors (Lipinski definition) is 0. The molecule has 0 aromatic heterocycles. The molecule has 0 bridgehead atoms. The average Bonchev–Trinajstić information content (AvgIpc) is 2.85. The standard InChI is InChI=1S/C16H18ClNO3/c1-21-15(19)7-4-13-9-11-18(16(13)20)10-8-12-2-5-14(17)6-3-12/h2-3,5-6,9H,4,7-8,10-11H2,1H3. The van der Waals surface area contributed by atoms with E-state index in [-0.39, 0.29) is 18.3 Å². The third-order valence-electron chi connectivity index (χ3n) is 3.53. The zero-order valence-corrected chi connectivity index (χ0v) is 12.7. The number of halogens is 1. The Labute approximate surface area is 129 Å². The summed E-state index contributed by atoms with van der Waals surface area (Å²) < 4.78 is 4.59. The van der Waals surface area contributed by atoms with Crippen LogP contribution in [-0.2, 0) is 20.7 Å². The minimum absolute atomic E-state index is 0.0212. The molecular formula is C16H18ClNO3. The van der Waals surface area contributed by atoms with Crippen molar-refractivity contribution >= 4 is 23.5 Å². The lowest BCUT2D eigenvalue weighted by Gasteiger charge is -2.16. The zero-order chi connectivity index (χ0) is 15.2. The van der Waals surface area contributed by atoms with E-state index in [1.54, 1.807) is 4.90 Å². The van der Waals surface area contributed by atoms with Crippen LogP contribution in [0.25, 0.3) is 0 Å². The van der Waals surface area contributed by atoms with Crippen LogP contribution < -0.4 is 0 Å². The number of benzene rings is 1. The molecule has 21 heavy (non-hydrogen) atoms. The molecule has 1 aromatic rings. The first-order valence-electron chi connectivity index (χ1n) is 6.89. The van der Waals surface area contributed by atoms with Crippen molar-refractivity contribution in [2.45, 2.75) is 19.3 Å². The maximum Gasteiger partial charge on any atom is 0.305 e. The number of carbonyl (C=O) groups is 2. The lowest BCUT2D eigenvalue weighted by atomic mass is 10.1. The Morgan fingerprint density at radius 1 is 1.29 bits per heavy atom. The summed E-state index contributed by atoms with van der Waals surface area (Å²) in [7, 11) is 1.35. The molecule has 0 fully saturated rings. The molecule has 0 saturated heterocycles. The quantitative estimate of drug-likeness (QED) is 0.759. The van der Waals surface area contributed by atoms with Crippen LogP contribution in [0.5, 0.6) is 0 Å². The lowest BCUT2D eigenvalue weighted by molar-refractivity contribution is -0.140. The van der Waals surface area contributed by atoms with Crippen molar-refractivity contribution in [3.8, 4) is 0 Å². The normalized spacial score (nSPS) is 14.3. The number of esters is 1. The van der Waals surface area contributed by atoms with Crippen molar-refractivity contribution in [1.29, 1.82) is 0 Å². The molecule has 0 spiro atoms. The van der Waals surface area contributed by atoms with E-state index in [1.807, 2.05) is 30.3 Å². The van der Waals surface area contributed by atoms with Crippen LogP contribution in [0.15, 0.2) is 35.9 Å². The molecule has 112 valence electrons. The highest BCUT2D eigenvalue weighted by atomic mass is 35.5. The van der Waals surface area contributed by atoms with Gasteiger partial charge in [-0.25, -0.2) is 0 Å². The van der Waals surface area contributed by atoms with Crippen molar-refractivity contribution in [3.05, 3.63) is 46.5 Å². The van der Waals surface area contributed by atoms with Crippen molar-refractivity contribution < 1.29 is 14.3 Å². The molecule has 0 atom stereocenters. The second kappa shape index (κ2) is 7.27. The van der Waals surface area contributed by atoms with E-state index in [0.29, 0.717) is 30.1 Å². The van der Waals surface area contributed by atoms with Gasteiger partial charge in [-0.3, -0.25) is 9.59 Å². The van der Waals surface area contributed by atoms with Crippen LogP contribution in [0.4, 0.5) is 0 Å². The van der Waals surface area contributed by atoms with Crippen LogP contribution in [-0.4, -0.2) is 37.0 Å². The number of hydrogen-bond acceptors (Lipinski definition) is 3. The Hall–Kier alpha value is -1.81. The molecular weight excluding hydrogens is 290 g/mol. The first kappa shape index (κ1) is 15.6. The second-order valence-electron chi connectivity index (χ2n) is 4.93. The molecule has 1 aromatic carbocycles. The fourth-order valence-electron chi connectivity index (χ4n) is 2.25. The van der Waals surface area contributed by atoms with Crippen LogP contribution in [0.3, 0.4) is 0 Å². The first-order valence-corrected chi connectivity index (χ1v) is 7.27. The Bertz CT molecular complexity index is 551. The van der Waals surface area contributed by atoms with Crippen LogP contribution >= 0.6 is 11.6 Å². The molecule has 0 aliphatic carbocycles. The van der Waals surface area contributed by atoms with Gasteiger partial charge < -0.3 is 9.64 Å². The molecule has 1 amide bonds. The van der Waals surface area contributed by atoms with Crippen molar-refractivity contribution in [2.24, 2.45) is 0 Å². The van der Waals surface area contributed by atoms with E-state index in [1.165, 1.54) is 7.11 Å². The summed E-state index contributed by atoms with van der Waals surface area (Å²) in [4.78, 5) is 25.1. The Balaban J connectivity index is 1.80. The van der Waals surface area contributed by atoms with E-state index in [2.05, 4.69) is 4.74 Å². The van der Waals surface area contributed by atoms with Gasteiger partial charge in [0.1, 0.15) is 0 Å². The van der Waals surface area contributed by atoms with Gasteiger partial charge >= 0.3 is 5.97 Å². The monoisotopic (exact) mass is 307 g/mol. The minimum Gasteiger partial charge on any atom is -0.469 e. The van der Waals surface area contributed by atoms with Gasteiger partial charge in [-0.2, -0.15) is 0 Å². The maximum atomic E-state index is 12.2. The molecule has 0 N–H and O–H groups in total. The summed E-state index contributed by atoms with van der Waals surface area (Å²) in [6.45, 7) is 1.28. The number of methoxy groups -OCH3 is 1. The van der Waals surface area contributed by atoms with E-state index in [4.69, 9.17) is 11.6 Å². The van der Waals surface area contributed by atoms with Crippen LogP contribution in [0, 0.1) is 0 Å². The fourth-order valence-corrected chi connectivity index (χ4v) is 2.38. The molecule has 0 radical (unpaired) electrons. The van der Waals surface area contributed by atoms with Crippen LogP contribution in [0.1, 0.15) is 18.4 Å². The van der Waals surface area contributed by atoms with Crippen molar-refractivity contribution in [3.63, 3.8) is 0 Å². The number of amides is 1. The summed E-state index contributed by atoms with van der Waals surface area (Å²) in [6, 6.07) is 7.63.